The molecule has 1 aliphatic rings. The highest BCUT2D eigenvalue weighted by molar-refractivity contribution is 5.99. The first kappa shape index (κ1) is 27.9. The number of carbonyl (C=O) groups is 2. The predicted molar refractivity (Wildman–Crippen MR) is 135 cm³/mol. The summed E-state index contributed by atoms with van der Waals surface area (Å²) in [6.45, 7) is -0.511. The Kier molecular flexibility index (Phi) is 8.67. The van der Waals surface area contributed by atoms with Crippen molar-refractivity contribution in [1.82, 2.24) is 0 Å². The van der Waals surface area contributed by atoms with Gasteiger partial charge in [0.15, 0.2) is 5.78 Å². The first-order valence-electron chi connectivity index (χ1n) is 12.1. The molecular formula is C28H28O11. The Morgan fingerprint density at radius 1 is 0.769 bits per heavy atom. The second-order valence-corrected chi connectivity index (χ2v) is 9.05. The number of rotatable bonds is 9. The van der Waals surface area contributed by atoms with Gasteiger partial charge in [-0.2, -0.15) is 0 Å². The number of aliphatic hydroxyl groups is 3. The monoisotopic (exact) mass is 540 g/mol. The standard InChI is InChI=1S/C28H28O11/c29-17-6-1-15(2-7-17)3-12-21(32)20-11-10-19(31)13-22(20)38-28-26(35)25(34)24(33)23(39-28)14-37-27(36)16-4-8-18(30)9-5-16/h1-2,4-11,13,23-26,28-31,33-35H,3,12,14H2/t23-,24-,25+,26-,28-/m1/s1. The number of aliphatic hydroxyl groups excluding tert-OH is 3. The topological polar surface area (TPSA) is 183 Å². The van der Waals surface area contributed by atoms with E-state index in [1.807, 2.05) is 0 Å². The van der Waals surface area contributed by atoms with Gasteiger partial charge in [-0.05, 0) is 60.5 Å². The minimum atomic E-state index is -1.74. The predicted octanol–water partition coefficient (Wildman–Crippen LogP) is 1.66. The maximum Gasteiger partial charge on any atom is 0.338 e. The molecule has 0 radical (unpaired) electrons. The van der Waals surface area contributed by atoms with Crippen molar-refractivity contribution < 1.29 is 54.4 Å². The van der Waals surface area contributed by atoms with Crippen LogP contribution in [0.5, 0.6) is 23.0 Å². The van der Waals surface area contributed by atoms with Crippen molar-refractivity contribution >= 4 is 11.8 Å². The summed E-state index contributed by atoms with van der Waals surface area (Å²) in [6.07, 6.45) is -7.59. The number of phenols is 3. The number of ketones is 1. The van der Waals surface area contributed by atoms with Gasteiger partial charge in [0.1, 0.15) is 54.0 Å². The molecule has 4 rings (SSSR count). The van der Waals surface area contributed by atoms with E-state index in [-0.39, 0.29) is 46.3 Å². The van der Waals surface area contributed by atoms with Gasteiger partial charge in [-0.3, -0.25) is 4.79 Å². The van der Waals surface area contributed by atoms with E-state index in [4.69, 9.17) is 14.2 Å². The van der Waals surface area contributed by atoms with Gasteiger partial charge in [0.2, 0.25) is 6.29 Å². The number of benzene rings is 3. The summed E-state index contributed by atoms with van der Waals surface area (Å²) in [6, 6.07) is 15.4. The van der Waals surface area contributed by atoms with E-state index in [0.717, 1.165) is 11.6 Å². The molecule has 6 N–H and O–H groups in total. The van der Waals surface area contributed by atoms with Crippen molar-refractivity contribution in [1.29, 1.82) is 0 Å². The van der Waals surface area contributed by atoms with Gasteiger partial charge in [0.25, 0.3) is 0 Å². The molecule has 1 saturated heterocycles. The van der Waals surface area contributed by atoms with Crippen LogP contribution in [0.25, 0.3) is 0 Å². The van der Waals surface area contributed by atoms with Gasteiger partial charge in [-0.15, -0.1) is 0 Å². The Morgan fingerprint density at radius 3 is 2.05 bits per heavy atom. The van der Waals surface area contributed by atoms with Gasteiger partial charge in [-0.25, -0.2) is 4.79 Å². The molecule has 3 aromatic carbocycles. The third-order valence-electron chi connectivity index (χ3n) is 6.24. The average Bonchev–Trinajstić information content (AvgIpc) is 2.92. The lowest BCUT2D eigenvalue weighted by Gasteiger charge is -2.40. The molecule has 0 aliphatic carbocycles. The number of hydrogen-bond donors (Lipinski definition) is 6. The van der Waals surface area contributed by atoms with E-state index in [1.54, 1.807) is 12.1 Å². The van der Waals surface area contributed by atoms with Crippen molar-refractivity contribution in [3.63, 3.8) is 0 Å². The molecule has 0 spiro atoms. The van der Waals surface area contributed by atoms with Crippen LogP contribution in [-0.2, 0) is 15.9 Å². The number of carbonyl (C=O) groups excluding carboxylic acids is 2. The number of Topliss-reactive ketones (excluding diaryl/α,β-unsaturated/α-hetero) is 1. The second-order valence-electron chi connectivity index (χ2n) is 9.05. The molecule has 39 heavy (non-hydrogen) atoms. The van der Waals surface area contributed by atoms with Crippen molar-refractivity contribution in [3.8, 4) is 23.0 Å². The minimum absolute atomic E-state index is 0.0418. The SMILES string of the molecule is O=C(OC[C@H]1O[C@@H](Oc2cc(O)ccc2C(=O)CCc2ccc(O)cc2)[C@H](O)[C@@H](O)[C@@H]1O)c1ccc(O)cc1. The van der Waals surface area contributed by atoms with Crippen LogP contribution in [0.4, 0.5) is 0 Å². The highest BCUT2D eigenvalue weighted by Crippen LogP contribution is 2.30. The second kappa shape index (κ2) is 12.1. The Balaban J connectivity index is 1.45. The fourth-order valence-electron chi connectivity index (χ4n) is 4.01. The van der Waals surface area contributed by atoms with Gasteiger partial charge in [0.05, 0.1) is 11.1 Å². The Hall–Kier alpha value is -4.16. The number of phenolic OH excluding ortho intramolecular Hbond substituents is 3. The highest BCUT2D eigenvalue weighted by atomic mass is 16.7. The molecule has 1 heterocycles. The molecule has 0 amide bonds. The average molecular weight is 541 g/mol. The van der Waals surface area contributed by atoms with Crippen LogP contribution in [0.3, 0.4) is 0 Å². The summed E-state index contributed by atoms with van der Waals surface area (Å²) in [5, 5.41) is 60.0. The molecule has 11 heteroatoms. The summed E-state index contributed by atoms with van der Waals surface area (Å²) in [7, 11) is 0. The van der Waals surface area contributed by atoms with Crippen LogP contribution in [-0.4, -0.2) is 79.7 Å². The van der Waals surface area contributed by atoms with Gasteiger partial charge in [0, 0.05) is 12.5 Å². The number of aromatic hydroxyl groups is 3. The highest BCUT2D eigenvalue weighted by Gasteiger charge is 2.45. The van der Waals surface area contributed by atoms with E-state index < -0.39 is 43.3 Å². The lowest BCUT2D eigenvalue weighted by atomic mass is 9.99. The maximum absolute atomic E-state index is 13.0. The largest absolute Gasteiger partial charge is 0.508 e. The minimum Gasteiger partial charge on any atom is -0.508 e. The smallest absolute Gasteiger partial charge is 0.338 e. The number of ether oxygens (including phenoxy) is 3. The zero-order chi connectivity index (χ0) is 28.1. The van der Waals surface area contributed by atoms with Crippen molar-refractivity contribution in [2.75, 3.05) is 6.61 Å². The van der Waals surface area contributed by atoms with Crippen molar-refractivity contribution in [2.45, 2.75) is 43.5 Å². The third kappa shape index (κ3) is 6.84. The first-order valence-corrected chi connectivity index (χ1v) is 12.1. The van der Waals surface area contributed by atoms with E-state index in [9.17, 15) is 40.2 Å². The number of esters is 1. The summed E-state index contributed by atoms with van der Waals surface area (Å²) in [4.78, 5) is 25.3. The third-order valence-corrected chi connectivity index (χ3v) is 6.24. The normalized spacial score (nSPS) is 22.7. The van der Waals surface area contributed by atoms with Crippen LogP contribution in [0.2, 0.25) is 0 Å². The summed E-state index contributed by atoms with van der Waals surface area (Å²) >= 11 is 0. The number of aryl methyl sites for hydroxylation is 1. The first-order chi connectivity index (χ1) is 18.6. The molecule has 5 atom stereocenters. The van der Waals surface area contributed by atoms with Crippen LogP contribution < -0.4 is 4.74 Å². The van der Waals surface area contributed by atoms with E-state index in [2.05, 4.69) is 0 Å². The maximum atomic E-state index is 13.0. The molecule has 1 aliphatic heterocycles. The van der Waals surface area contributed by atoms with Crippen molar-refractivity contribution in [3.05, 3.63) is 83.4 Å². The zero-order valence-electron chi connectivity index (χ0n) is 20.6. The molecule has 0 unspecified atom stereocenters. The molecule has 0 saturated carbocycles. The molecule has 3 aromatic rings. The van der Waals surface area contributed by atoms with Gasteiger partial charge in [-0.1, -0.05) is 12.1 Å². The summed E-state index contributed by atoms with van der Waals surface area (Å²) in [5.74, 6) is -1.42. The van der Waals surface area contributed by atoms with Crippen LogP contribution >= 0.6 is 0 Å². The summed E-state index contributed by atoms with van der Waals surface area (Å²) in [5.41, 5.74) is 1.02. The summed E-state index contributed by atoms with van der Waals surface area (Å²) < 4.78 is 16.4. The van der Waals surface area contributed by atoms with Crippen molar-refractivity contribution in [2.24, 2.45) is 0 Å². The Bertz CT molecular complexity index is 1290. The van der Waals surface area contributed by atoms with Crippen LogP contribution in [0.1, 0.15) is 32.7 Å². The van der Waals surface area contributed by atoms with E-state index in [0.29, 0.717) is 6.42 Å². The molecule has 11 nitrogen and oxygen atoms in total. The zero-order valence-corrected chi connectivity index (χ0v) is 20.6. The Labute approximate surface area is 223 Å². The Morgan fingerprint density at radius 2 is 1.38 bits per heavy atom. The molecule has 0 bridgehead atoms. The van der Waals surface area contributed by atoms with Gasteiger partial charge < -0.3 is 44.8 Å². The fraction of sp³-hybridized carbons (Fsp3) is 0.286. The van der Waals surface area contributed by atoms with E-state index in [1.165, 1.54) is 48.5 Å². The number of hydrogen-bond acceptors (Lipinski definition) is 11. The quantitative estimate of drug-likeness (QED) is 0.171. The molecule has 1 fully saturated rings. The fourth-order valence-corrected chi connectivity index (χ4v) is 4.01. The lowest BCUT2D eigenvalue weighted by molar-refractivity contribution is -0.277. The van der Waals surface area contributed by atoms with Crippen LogP contribution in [0.15, 0.2) is 66.7 Å². The molecule has 206 valence electrons. The molecular weight excluding hydrogens is 512 g/mol. The van der Waals surface area contributed by atoms with Gasteiger partial charge >= 0.3 is 5.97 Å². The van der Waals surface area contributed by atoms with E-state index >= 15 is 0 Å². The molecule has 0 aromatic heterocycles. The van der Waals surface area contributed by atoms with Crippen LogP contribution in [0, 0.1) is 0 Å². The lowest BCUT2D eigenvalue weighted by Crippen LogP contribution is -2.60.